The third-order valence-electron chi connectivity index (χ3n) is 3.74. The summed E-state index contributed by atoms with van der Waals surface area (Å²) in [6.45, 7) is 5.91. The average Bonchev–Trinajstić information content (AvgIpc) is 2.49. The summed E-state index contributed by atoms with van der Waals surface area (Å²) in [6, 6.07) is 19.1. The van der Waals surface area contributed by atoms with Crippen LogP contribution in [0.3, 0.4) is 0 Å². The summed E-state index contributed by atoms with van der Waals surface area (Å²) in [6.07, 6.45) is 0. The highest BCUT2D eigenvalue weighted by Crippen LogP contribution is 2.19. The zero-order valence-corrected chi connectivity index (χ0v) is 12.5. The second kappa shape index (κ2) is 7.11. The minimum atomic E-state index is 0.400. The number of rotatable bonds is 6. The molecule has 2 heteroatoms. The molecule has 2 aromatic carbocycles. The predicted molar refractivity (Wildman–Crippen MR) is 84.2 cm³/mol. The third-order valence-corrected chi connectivity index (χ3v) is 3.74. The summed E-state index contributed by atoms with van der Waals surface area (Å²) in [4.78, 5) is 2.31. The Morgan fingerprint density at radius 3 is 2.35 bits per heavy atom. The number of para-hydroxylation sites is 1. The smallest absolute Gasteiger partial charge is 0.122 e. The maximum Gasteiger partial charge on any atom is 0.122 e. The van der Waals surface area contributed by atoms with Crippen LogP contribution in [0.25, 0.3) is 0 Å². The molecule has 0 radical (unpaired) electrons. The summed E-state index contributed by atoms with van der Waals surface area (Å²) < 4.78 is 5.85. The first-order valence-electron chi connectivity index (χ1n) is 7.12. The van der Waals surface area contributed by atoms with Crippen LogP contribution < -0.4 is 4.74 Å². The lowest BCUT2D eigenvalue weighted by atomic mass is 10.1. The highest BCUT2D eigenvalue weighted by Gasteiger charge is 2.11. The summed E-state index contributed by atoms with van der Waals surface area (Å²) in [7, 11) is 2.14. The average molecular weight is 269 g/mol. The third kappa shape index (κ3) is 3.84. The van der Waals surface area contributed by atoms with Gasteiger partial charge in [0.05, 0.1) is 0 Å². The quantitative estimate of drug-likeness (QED) is 0.784. The summed E-state index contributed by atoms with van der Waals surface area (Å²) in [5.74, 6) is 0.980. The fourth-order valence-electron chi connectivity index (χ4n) is 2.20. The molecule has 0 spiro atoms. The molecule has 0 aromatic heterocycles. The number of aryl methyl sites for hydroxylation is 1. The van der Waals surface area contributed by atoms with Crippen molar-refractivity contribution in [1.82, 2.24) is 4.90 Å². The Morgan fingerprint density at radius 1 is 1.00 bits per heavy atom. The number of hydrogen-bond donors (Lipinski definition) is 0. The largest absolute Gasteiger partial charge is 0.492 e. The first-order chi connectivity index (χ1) is 9.68. The molecule has 2 aromatic rings. The molecule has 1 unspecified atom stereocenters. The zero-order chi connectivity index (χ0) is 14.4. The van der Waals surface area contributed by atoms with Crippen molar-refractivity contribution in [3.63, 3.8) is 0 Å². The molecule has 0 N–H and O–H groups in total. The highest BCUT2D eigenvalue weighted by atomic mass is 16.5. The Morgan fingerprint density at radius 2 is 1.65 bits per heavy atom. The van der Waals surface area contributed by atoms with E-state index in [4.69, 9.17) is 4.74 Å². The van der Waals surface area contributed by atoms with Gasteiger partial charge in [0.1, 0.15) is 12.4 Å². The summed E-state index contributed by atoms with van der Waals surface area (Å²) in [5, 5.41) is 0. The SMILES string of the molecule is Cc1ccccc1OCCN(C)C(C)c1ccccc1. The predicted octanol–water partition coefficient (Wildman–Crippen LogP) is 4.07. The number of nitrogens with zero attached hydrogens (tertiary/aromatic N) is 1. The molecule has 2 rings (SSSR count). The van der Waals surface area contributed by atoms with Gasteiger partial charge in [-0.15, -0.1) is 0 Å². The van der Waals surface area contributed by atoms with Gasteiger partial charge in [-0.05, 0) is 38.1 Å². The molecule has 20 heavy (non-hydrogen) atoms. The van der Waals surface area contributed by atoms with Crippen LogP contribution in [0.2, 0.25) is 0 Å². The van der Waals surface area contributed by atoms with Gasteiger partial charge in [0.25, 0.3) is 0 Å². The fraction of sp³-hybridized carbons (Fsp3) is 0.333. The van der Waals surface area contributed by atoms with E-state index in [-0.39, 0.29) is 0 Å². The van der Waals surface area contributed by atoms with Gasteiger partial charge in [-0.25, -0.2) is 0 Å². The van der Waals surface area contributed by atoms with Crippen LogP contribution in [0.5, 0.6) is 5.75 Å². The molecular formula is C18H23NO. The number of benzene rings is 2. The van der Waals surface area contributed by atoms with Gasteiger partial charge < -0.3 is 4.74 Å². The van der Waals surface area contributed by atoms with Crippen LogP contribution in [0, 0.1) is 6.92 Å². The maximum atomic E-state index is 5.85. The first kappa shape index (κ1) is 14.6. The van der Waals surface area contributed by atoms with E-state index in [1.54, 1.807) is 0 Å². The van der Waals surface area contributed by atoms with Crippen LogP contribution in [-0.4, -0.2) is 25.1 Å². The van der Waals surface area contributed by atoms with Gasteiger partial charge in [0.2, 0.25) is 0 Å². The number of hydrogen-bond acceptors (Lipinski definition) is 2. The van der Waals surface area contributed by atoms with Crippen molar-refractivity contribution in [3.8, 4) is 5.75 Å². The molecule has 0 bridgehead atoms. The lowest BCUT2D eigenvalue weighted by Gasteiger charge is -2.25. The molecule has 0 amide bonds. The highest BCUT2D eigenvalue weighted by molar-refractivity contribution is 5.31. The molecule has 0 saturated carbocycles. The lowest BCUT2D eigenvalue weighted by molar-refractivity contribution is 0.200. The van der Waals surface area contributed by atoms with Crippen molar-refractivity contribution >= 4 is 0 Å². The Hall–Kier alpha value is -1.80. The van der Waals surface area contributed by atoms with Crippen molar-refractivity contribution in [2.45, 2.75) is 19.9 Å². The van der Waals surface area contributed by atoms with Gasteiger partial charge in [-0.1, -0.05) is 48.5 Å². The first-order valence-corrected chi connectivity index (χ1v) is 7.12. The number of likely N-dealkylation sites (N-methyl/N-ethyl adjacent to an activating group) is 1. The Labute approximate surface area is 122 Å². The zero-order valence-electron chi connectivity index (χ0n) is 12.5. The second-order valence-corrected chi connectivity index (χ2v) is 5.18. The van der Waals surface area contributed by atoms with E-state index in [2.05, 4.69) is 62.2 Å². The van der Waals surface area contributed by atoms with Crippen molar-refractivity contribution < 1.29 is 4.74 Å². The topological polar surface area (TPSA) is 12.5 Å². The normalized spacial score (nSPS) is 12.4. The van der Waals surface area contributed by atoms with E-state index in [0.717, 1.165) is 12.3 Å². The van der Waals surface area contributed by atoms with Crippen molar-refractivity contribution in [3.05, 3.63) is 65.7 Å². The molecular weight excluding hydrogens is 246 g/mol. The minimum absolute atomic E-state index is 0.400. The van der Waals surface area contributed by atoms with Gasteiger partial charge in [0.15, 0.2) is 0 Å². The molecule has 1 atom stereocenters. The van der Waals surface area contributed by atoms with Crippen LogP contribution >= 0.6 is 0 Å². The summed E-state index contributed by atoms with van der Waals surface area (Å²) in [5.41, 5.74) is 2.53. The van der Waals surface area contributed by atoms with E-state index in [9.17, 15) is 0 Å². The molecule has 0 aliphatic carbocycles. The molecule has 0 aliphatic rings. The van der Waals surface area contributed by atoms with E-state index in [1.807, 2.05) is 18.2 Å². The van der Waals surface area contributed by atoms with E-state index >= 15 is 0 Å². The Bertz CT molecular complexity index is 524. The standard InChI is InChI=1S/C18H23NO/c1-15-9-7-8-12-18(15)20-14-13-19(3)16(2)17-10-5-4-6-11-17/h4-12,16H,13-14H2,1-3H3. The van der Waals surface area contributed by atoms with Crippen molar-refractivity contribution in [2.24, 2.45) is 0 Å². The van der Waals surface area contributed by atoms with Gasteiger partial charge in [0, 0.05) is 12.6 Å². The lowest BCUT2D eigenvalue weighted by Crippen LogP contribution is -2.27. The van der Waals surface area contributed by atoms with Gasteiger partial charge in [-0.3, -0.25) is 4.90 Å². The molecule has 106 valence electrons. The van der Waals surface area contributed by atoms with E-state index in [0.29, 0.717) is 12.6 Å². The molecule has 0 fully saturated rings. The minimum Gasteiger partial charge on any atom is -0.492 e. The number of ether oxygens (including phenoxy) is 1. The summed E-state index contributed by atoms with van der Waals surface area (Å²) >= 11 is 0. The van der Waals surface area contributed by atoms with E-state index < -0.39 is 0 Å². The van der Waals surface area contributed by atoms with Crippen LogP contribution in [-0.2, 0) is 0 Å². The van der Waals surface area contributed by atoms with E-state index in [1.165, 1.54) is 11.1 Å². The van der Waals surface area contributed by atoms with Crippen molar-refractivity contribution in [1.29, 1.82) is 0 Å². The fourth-order valence-corrected chi connectivity index (χ4v) is 2.20. The van der Waals surface area contributed by atoms with Crippen LogP contribution in [0.15, 0.2) is 54.6 Å². The Balaban J connectivity index is 1.84. The van der Waals surface area contributed by atoms with Crippen LogP contribution in [0.4, 0.5) is 0 Å². The van der Waals surface area contributed by atoms with Crippen LogP contribution in [0.1, 0.15) is 24.1 Å². The van der Waals surface area contributed by atoms with Gasteiger partial charge in [-0.2, -0.15) is 0 Å². The molecule has 2 nitrogen and oxygen atoms in total. The maximum absolute atomic E-state index is 5.85. The second-order valence-electron chi connectivity index (χ2n) is 5.18. The van der Waals surface area contributed by atoms with Gasteiger partial charge >= 0.3 is 0 Å². The Kier molecular flexibility index (Phi) is 5.19. The molecule has 0 aliphatic heterocycles. The van der Waals surface area contributed by atoms with Crippen molar-refractivity contribution in [2.75, 3.05) is 20.2 Å². The molecule has 0 heterocycles. The molecule has 0 saturated heterocycles. The monoisotopic (exact) mass is 269 g/mol.